The number of hydrogen-bond acceptors (Lipinski definition) is 5. The van der Waals surface area contributed by atoms with Gasteiger partial charge >= 0.3 is 6.03 Å². The first-order valence-electron chi connectivity index (χ1n) is 10.7. The van der Waals surface area contributed by atoms with Gasteiger partial charge in [-0.1, -0.05) is 50.2 Å². The number of benzene rings is 2. The highest BCUT2D eigenvalue weighted by Crippen LogP contribution is 2.30. The maximum atomic E-state index is 13.1. The highest BCUT2D eigenvalue weighted by molar-refractivity contribution is 7.09. The Morgan fingerprint density at radius 1 is 1.18 bits per heavy atom. The van der Waals surface area contributed by atoms with Crippen LogP contribution in [-0.4, -0.2) is 34.3 Å². The lowest BCUT2D eigenvalue weighted by Crippen LogP contribution is -2.42. The van der Waals surface area contributed by atoms with Crippen molar-refractivity contribution in [1.82, 2.24) is 15.2 Å². The third kappa shape index (κ3) is 4.52. The van der Waals surface area contributed by atoms with E-state index in [-0.39, 0.29) is 6.54 Å². The molecule has 0 saturated carbocycles. The van der Waals surface area contributed by atoms with E-state index in [4.69, 9.17) is 0 Å². The minimum absolute atomic E-state index is 0.360. The molecule has 1 saturated heterocycles. The number of thiazole rings is 1. The molecule has 1 fully saturated rings. The quantitative estimate of drug-likeness (QED) is 0.522. The fraction of sp³-hybridized carbons (Fsp3) is 0.280. The molecule has 0 bridgehead atoms. The van der Waals surface area contributed by atoms with Crippen molar-refractivity contribution in [2.24, 2.45) is 0 Å². The summed E-state index contributed by atoms with van der Waals surface area (Å²) in [5.74, 6) is -0.546. The third-order valence-corrected chi connectivity index (χ3v) is 6.57. The number of imide groups is 1. The van der Waals surface area contributed by atoms with E-state index >= 15 is 0 Å². The minimum Gasteiger partial charge on any atom is -0.325 e. The Balaban J connectivity index is 1.46. The smallest absolute Gasteiger partial charge is 0.325 e. The second-order valence-electron chi connectivity index (χ2n) is 8.60. The van der Waals surface area contributed by atoms with Crippen molar-refractivity contribution in [3.05, 3.63) is 70.0 Å². The number of carbonyl (C=O) groups is 3. The average Bonchev–Trinajstić information content (AvgIpc) is 3.31. The molecule has 2 N–H and O–H groups in total. The molecule has 1 aliphatic rings. The molecule has 0 radical (unpaired) electrons. The van der Waals surface area contributed by atoms with Gasteiger partial charge in [-0.2, -0.15) is 0 Å². The van der Waals surface area contributed by atoms with E-state index in [1.807, 2.05) is 54.8 Å². The lowest BCUT2D eigenvalue weighted by molar-refractivity contribution is -0.133. The molecule has 1 aliphatic heterocycles. The third-order valence-electron chi connectivity index (χ3n) is 5.79. The van der Waals surface area contributed by atoms with E-state index in [1.165, 1.54) is 0 Å². The normalized spacial score (nSPS) is 18.0. The second-order valence-corrected chi connectivity index (χ2v) is 9.67. The number of nitrogens with one attached hydrogen (secondary N) is 2. The SMILES string of the molecule is Cc1nc(-c2cccc(NC(=O)CN3C(=O)NC(C)(c4ccc(C(C)C)cc4)C3=O)c2)cs1. The van der Waals surface area contributed by atoms with E-state index in [2.05, 4.69) is 29.5 Å². The second kappa shape index (κ2) is 8.78. The summed E-state index contributed by atoms with van der Waals surface area (Å²) in [6.07, 6.45) is 0. The number of amides is 4. The molecule has 1 atom stereocenters. The Labute approximate surface area is 196 Å². The first-order chi connectivity index (χ1) is 15.7. The van der Waals surface area contributed by atoms with Gasteiger partial charge in [0.2, 0.25) is 5.91 Å². The summed E-state index contributed by atoms with van der Waals surface area (Å²) in [5, 5.41) is 8.44. The van der Waals surface area contributed by atoms with Crippen molar-refractivity contribution in [2.45, 2.75) is 39.2 Å². The predicted molar refractivity (Wildman–Crippen MR) is 129 cm³/mol. The molecule has 2 aromatic carbocycles. The van der Waals surface area contributed by atoms with Crippen LogP contribution in [0, 0.1) is 6.92 Å². The van der Waals surface area contributed by atoms with Crippen molar-refractivity contribution in [1.29, 1.82) is 0 Å². The maximum absolute atomic E-state index is 13.1. The fourth-order valence-corrected chi connectivity index (χ4v) is 4.46. The Morgan fingerprint density at radius 2 is 1.91 bits per heavy atom. The van der Waals surface area contributed by atoms with E-state index in [0.29, 0.717) is 17.2 Å². The highest BCUT2D eigenvalue weighted by Gasteiger charge is 2.49. The van der Waals surface area contributed by atoms with Crippen LogP contribution in [0.2, 0.25) is 0 Å². The van der Waals surface area contributed by atoms with Crippen LogP contribution in [0.15, 0.2) is 53.9 Å². The first kappa shape index (κ1) is 22.7. The van der Waals surface area contributed by atoms with Crippen molar-refractivity contribution >= 4 is 34.9 Å². The van der Waals surface area contributed by atoms with Gasteiger partial charge in [-0.25, -0.2) is 9.78 Å². The number of aromatic nitrogens is 1. The number of nitrogens with zero attached hydrogens (tertiary/aromatic N) is 2. The molecular formula is C25H26N4O3S. The minimum atomic E-state index is -1.21. The summed E-state index contributed by atoms with van der Waals surface area (Å²) in [6, 6.07) is 14.3. The van der Waals surface area contributed by atoms with Crippen LogP contribution in [0.25, 0.3) is 11.3 Å². The molecule has 4 rings (SSSR count). The van der Waals surface area contributed by atoms with Gasteiger partial charge in [-0.15, -0.1) is 11.3 Å². The van der Waals surface area contributed by atoms with Crippen LogP contribution in [0.1, 0.15) is 42.8 Å². The standard InChI is InChI=1S/C25H26N4O3S/c1-15(2)17-8-10-19(11-9-17)25(4)23(31)29(24(32)28-25)13-22(30)27-20-7-5-6-18(12-20)21-14-33-16(3)26-21/h5-12,14-15H,13H2,1-4H3,(H,27,30)(H,28,32). The lowest BCUT2D eigenvalue weighted by Gasteiger charge is -2.22. The summed E-state index contributed by atoms with van der Waals surface area (Å²) < 4.78 is 0. The highest BCUT2D eigenvalue weighted by atomic mass is 32.1. The number of hydrogen-bond donors (Lipinski definition) is 2. The van der Waals surface area contributed by atoms with Gasteiger partial charge in [-0.3, -0.25) is 14.5 Å². The van der Waals surface area contributed by atoms with Crippen LogP contribution in [0.3, 0.4) is 0 Å². The maximum Gasteiger partial charge on any atom is 0.325 e. The Morgan fingerprint density at radius 3 is 2.55 bits per heavy atom. The molecule has 0 spiro atoms. The molecule has 33 heavy (non-hydrogen) atoms. The summed E-state index contributed by atoms with van der Waals surface area (Å²) in [5.41, 5.74) is 2.90. The molecule has 8 heteroatoms. The largest absolute Gasteiger partial charge is 0.325 e. The molecule has 4 amide bonds. The van der Waals surface area contributed by atoms with Gasteiger partial charge < -0.3 is 10.6 Å². The number of urea groups is 1. The zero-order valence-electron chi connectivity index (χ0n) is 19.0. The lowest BCUT2D eigenvalue weighted by atomic mass is 9.90. The number of aryl methyl sites for hydroxylation is 1. The van der Waals surface area contributed by atoms with Crippen LogP contribution < -0.4 is 10.6 Å². The summed E-state index contributed by atoms with van der Waals surface area (Å²) >= 11 is 1.55. The Bertz CT molecular complexity index is 1220. The number of rotatable bonds is 6. The average molecular weight is 463 g/mol. The van der Waals surface area contributed by atoms with Crippen LogP contribution >= 0.6 is 11.3 Å². The summed E-state index contributed by atoms with van der Waals surface area (Å²) in [6.45, 7) is 7.41. The van der Waals surface area contributed by atoms with E-state index < -0.39 is 23.4 Å². The van der Waals surface area contributed by atoms with Crippen LogP contribution in [-0.2, 0) is 15.1 Å². The van der Waals surface area contributed by atoms with E-state index in [1.54, 1.807) is 24.3 Å². The van der Waals surface area contributed by atoms with Gasteiger partial charge in [0, 0.05) is 16.6 Å². The number of anilines is 1. The van der Waals surface area contributed by atoms with Crippen molar-refractivity contribution in [3.63, 3.8) is 0 Å². The van der Waals surface area contributed by atoms with Crippen molar-refractivity contribution in [3.8, 4) is 11.3 Å². The molecule has 170 valence electrons. The van der Waals surface area contributed by atoms with Gasteiger partial charge in [0.25, 0.3) is 5.91 Å². The summed E-state index contributed by atoms with van der Waals surface area (Å²) in [7, 11) is 0. The zero-order chi connectivity index (χ0) is 23.8. The molecule has 1 unspecified atom stereocenters. The monoisotopic (exact) mass is 462 g/mol. The predicted octanol–water partition coefficient (Wildman–Crippen LogP) is 4.65. The van der Waals surface area contributed by atoms with Crippen LogP contribution in [0.5, 0.6) is 0 Å². The molecule has 3 aromatic rings. The molecule has 1 aromatic heterocycles. The Hall–Kier alpha value is -3.52. The number of carbonyl (C=O) groups excluding carboxylic acids is 3. The molecular weight excluding hydrogens is 436 g/mol. The molecule has 2 heterocycles. The van der Waals surface area contributed by atoms with Crippen LogP contribution in [0.4, 0.5) is 10.5 Å². The van der Waals surface area contributed by atoms with Gasteiger partial charge in [0.05, 0.1) is 10.7 Å². The fourth-order valence-electron chi connectivity index (χ4n) is 3.83. The van der Waals surface area contributed by atoms with E-state index in [9.17, 15) is 14.4 Å². The van der Waals surface area contributed by atoms with E-state index in [0.717, 1.165) is 26.7 Å². The summed E-state index contributed by atoms with van der Waals surface area (Å²) in [4.78, 5) is 43.8. The van der Waals surface area contributed by atoms with Crippen molar-refractivity contribution in [2.75, 3.05) is 11.9 Å². The zero-order valence-corrected chi connectivity index (χ0v) is 19.8. The van der Waals surface area contributed by atoms with Gasteiger partial charge in [0.1, 0.15) is 12.1 Å². The first-order valence-corrected chi connectivity index (χ1v) is 11.6. The molecule has 0 aliphatic carbocycles. The van der Waals surface area contributed by atoms with Gasteiger partial charge in [0.15, 0.2) is 0 Å². The molecule has 7 nitrogen and oxygen atoms in total. The topological polar surface area (TPSA) is 91.4 Å². The Kier molecular flexibility index (Phi) is 6.03. The van der Waals surface area contributed by atoms with Gasteiger partial charge in [-0.05, 0) is 43.0 Å². The van der Waals surface area contributed by atoms with Crippen molar-refractivity contribution < 1.29 is 14.4 Å².